The number of piperidine rings is 1. The van der Waals surface area contributed by atoms with Crippen molar-refractivity contribution < 1.29 is 14.3 Å². The number of halogens is 1. The zero-order chi connectivity index (χ0) is 14.5. The molecule has 1 fully saturated rings. The fraction of sp³-hybridized carbons (Fsp3) is 0.571. The number of amides is 1. The van der Waals surface area contributed by atoms with E-state index < -0.39 is 5.82 Å². The third-order valence-electron chi connectivity index (χ3n) is 3.67. The van der Waals surface area contributed by atoms with Crippen molar-refractivity contribution in [2.24, 2.45) is 5.92 Å². The second-order valence-corrected chi connectivity index (χ2v) is 5.07. The van der Waals surface area contributed by atoms with E-state index in [1.165, 1.54) is 6.07 Å². The number of hydrogen-bond donors (Lipinski definition) is 2. The van der Waals surface area contributed by atoms with Crippen LogP contribution in [0.4, 0.5) is 10.2 Å². The molecule has 0 spiro atoms. The number of aliphatic hydroxyl groups excluding tert-OH is 1. The number of aromatic nitrogens is 1. The Morgan fingerprint density at radius 2 is 2.45 bits per heavy atom. The molecule has 1 unspecified atom stereocenters. The van der Waals surface area contributed by atoms with Gasteiger partial charge in [0.25, 0.3) is 5.91 Å². The Labute approximate surface area is 117 Å². The molecule has 5 nitrogen and oxygen atoms in total. The first-order valence-electron chi connectivity index (χ1n) is 6.89. The van der Waals surface area contributed by atoms with Gasteiger partial charge in [-0.1, -0.05) is 0 Å². The van der Waals surface area contributed by atoms with Gasteiger partial charge in [0.2, 0.25) is 0 Å². The zero-order valence-electron chi connectivity index (χ0n) is 11.6. The van der Waals surface area contributed by atoms with Gasteiger partial charge in [-0.3, -0.25) is 4.79 Å². The molecule has 0 aliphatic carbocycles. The van der Waals surface area contributed by atoms with Crippen molar-refractivity contribution in [2.45, 2.75) is 19.3 Å². The average molecular weight is 281 g/mol. The summed E-state index contributed by atoms with van der Waals surface area (Å²) in [6.07, 6.45) is 3.72. The summed E-state index contributed by atoms with van der Waals surface area (Å²) >= 11 is 0. The normalized spacial score (nSPS) is 18.9. The van der Waals surface area contributed by atoms with Gasteiger partial charge in [0.1, 0.15) is 11.6 Å². The van der Waals surface area contributed by atoms with Crippen LogP contribution in [0.5, 0.6) is 0 Å². The van der Waals surface area contributed by atoms with Crippen molar-refractivity contribution in [2.75, 3.05) is 32.1 Å². The SMILES string of the molecule is CNc1ncc(F)cc1C(=O)N1CCCC(CCO)C1. The van der Waals surface area contributed by atoms with Gasteiger partial charge in [0, 0.05) is 26.7 Å². The zero-order valence-corrected chi connectivity index (χ0v) is 11.6. The summed E-state index contributed by atoms with van der Waals surface area (Å²) in [6.45, 7) is 1.41. The van der Waals surface area contributed by atoms with Crippen LogP contribution in [0, 0.1) is 11.7 Å². The first kappa shape index (κ1) is 14.7. The molecule has 1 amide bonds. The molecule has 2 N–H and O–H groups in total. The van der Waals surface area contributed by atoms with E-state index in [9.17, 15) is 9.18 Å². The molecule has 1 aliphatic heterocycles. The monoisotopic (exact) mass is 281 g/mol. The Hall–Kier alpha value is -1.69. The Kier molecular flexibility index (Phi) is 4.89. The highest BCUT2D eigenvalue weighted by Gasteiger charge is 2.26. The molecular formula is C14H20FN3O2. The lowest BCUT2D eigenvalue weighted by atomic mass is 9.94. The predicted octanol–water partition coefficient (Wildman–Crippen LogP) is 1.50. The third-order valence-corrected chi connectivity index (χ3v) is 3.67. The van der Waals surface area contributed by atoms with Crippen LogP contribution in [0.3, 0.4) is 0 Å². The van der Waals surface area contributed by atoms with Crippen molar-refractivity contribution in [3.05, 3.63) is 23.6 Å². The summed E-state index contributed by atoms with van der Waals surface area (Å²) in [6, 6.07) is 1.22. The molecule has 110 valence electrons. The van der Waals surface area contributed by atoms with Crippen LogP contribution >= 0.6 is 0 Å². The summed E-state index contributed by atoms with van der Waals surface area (Å²) in [5.74, 6) is -0.0156. The number of rotatable bonds is 4. The Morgan fingerprint density at radius 1 is 1.65 bits per heavy atom. The second-order valence-electron chi connectivity index (χ2n) is 5.07. The van der Waals surface area contributed by atoms with E-state index in [2.05, 4.69) is 10.3 Å². The largest absolute Gasteiger partial charge is 0.396 e. The maximum Gasteiger partial charge on any atom is 0.257 e. The lowest BCUT2D eigenvalue weighted by Gasteiger charge is -2.32. The quantitative estimate of drug-likeness (QED) is 0.877. The van der Waals surface area contributed by atoms with Crippen molar-refractivity contribution in [1.82, 2.24) is 9.88 Å². The Morgan fingerprint density at radius 3 is 3.15 bits per heavy atom. The first-order chi connectivity index (χ1) is 9.65. The number of carbonyl (C=O) groups excluding carboxylic acids is 1. The van der Waals surface area contributed by atoms with Crippen LogP contribution in [0.2, 0.25) is 0 Å². The summed E-state index contributed by atoms with van der Waals surface area (Å²) in [5, 5.41) is 11.8. The number of anilines is 1. The number of nitrogens with zero attached hydrogens (tertiary/aromatic N) is 2. The van der Waals surface area contributed by atoms with Gasteiger partial charge < -0.3 is 15.3 Å². The van der Waals surface area contributed by atoms with Crippen molar-refractivity contribution in [3.63, 3.8) is 0 Å². The highest BCUT2D eigenvalue weighted by atomic mass is 19.1. The third kappa shape index (κ3) is 3.25. The number of likely N-dealkylation sites (tertiary alicyclic amines) is 1. The van der Waals surface area contributed by atoms with E-state index in [1.807, 2.05) is 0 Å². The highest BCUT2D eigenvalue weighted by Crippen LogP contribution is 2.23. The van der Waals surface area contributed by atoms with Gasteiger partial charge in [-0.05, 0) is 31.2 Å². The Balaban J connectivity index is 2.16. The van der Waals surface area contributed by atoms with E-state index in [-0.39, 0.29) is 18.1 Å². The van der Waals surface area contributed by atoms with Crippen molar-refractivity contribution in [3.8, 4) is 0 Å². The van der Waals surface area contributed by atoms with Gasteiger partial charge in [0.05, 0.1) is 11.8 Å². The van der Waals surface area contributed by atoms with E-state index in [1.54, 1.807) is 11.9 Å². The van der Waals surface area contributed by atoms with Crippen LogP contribution in [-0.4, -0.2) is 47.6 Å². The first-order valence-corrected chi connectivity index (χ1v) is 6.89. The van der Waals surface area contributed by atoms with Crippen LogP contribution in [0.1, 0.15) is 29.6 Å². The minimum absolute atomic E-state index is 0.135. The smallest absolute Gasteiger partial charge is 0.257 e. The molecule has 1 atom stereocenters. The van der Waals surface area contributed by atoms with Gasteiger partial charge >= 0.3 is 0 Å². The van der Waals surface area contributed by atoms with Gasteiger partial charge in [0.15, 0.2) is 0 Å². The standard InChI is InChI=1S/C14H20FN3O2/c1-16-13-12(7-11(15)8-17-13)14(20)18-5-2-3-10(9-18)4-6-19/h7-8,10,19H,2-6,9H2,1H3,(H,16,17). The minimum Gasteiger partial charge on any atom is -0.396 e. The van der Waals surface area contributed by atoms with Crippen molar-refractivity contribution in [1.29, 1.82) is 0 Å². The topological polar surface area (TPSA) is 65.5 Å². The van der Waals surface area contributed by atoms with E-state index >= 15 is 0 Å². The molecule has 0 radical (unpaired) electrons. The van der Waals surface area contributed by atoms with E-state index in [4.69, 9.17) is 5.11 Å². The molecular weight excluding hydrogens is 261 g/mol. The second kappa shape index (κ2) is 6.65. The highest BCUT2D eigenvalue weighted by molar-refractivity contribution is 5.98. The van der Waals surface area contributed by atoms with Crippen LogP contribution in [-0.2, 0) is 0 Å². The Bertz CT molecular complexity index is 479. The van der Waals surface area contributed by atoms with Crippen LogP contribution in [0.15, 0.2) is 12.3 Å². The fourth-order valence-corrected chi connectivity index (χ4v) is 2.64. The molecule has 0 saturated carbocycles. The molecule has 1 aliphatic rings. The minimum atomic E-state index is -0.517. The maximum absolute atomic E-state index is 13.3. The van der Waals surface area contributed by atoms with E-state index in [0.717, 1.165) is 19.0 Å². The summed E-state index contributed by atoms with van der Waals surface area (Å²) < 4.78 is 13.3. The van der Waals surface area contributed by atoms with Gasteiger partial charge in [-0.25, -0.2) is 9.37 Å². The molecule has 2 rings (SSSR count). The number of carbonyl (C=O) groups is 1. The predicted molar refractivity (Wildman–Crippen MR) is 74.1 cm³/mol. The summed E-state index contributed by atoms with van der Waals surface area (Å²) in [7, 11) is 1.65. The number of pyridine rings is 1. The van der Waals surface area contributed by atoms with Gasteiger partial charge in [-0.15, -0.1) is 0 Å². The van der Waals surface area contributed by atoms with Gasteiger partial charge in [-0.2, -0.15) is 0 Å². The lowest BCUT2D eigenvalue weighted by molar-refractivity contribution is 0.0653. The van der Waals surface area contributed by atoms with Crippen LogP contribution < -0.4 is 5.32 Å². The maximum atomic E-state index is 13.3. The fourth-order valence-electron chi connectivity index (χ4n) is 2.64. The average Bonchev–Trinajstić information content (AvgIpc) is 2.47. The molecule has 1 saturated heterocycles. The van der Waals surface area contributed by atoms with E-state index in [0.29, 0.717) is 31.2 Å². The molecule has 1 aromatic rings. The molecule has 6 heteroatoms. The molecule has 0 bridgehead atoms. The number of hydrogen-bond acceptors (Lipinski definition) is 4. The molecule has 1 aromatic heterocycles. The number of aliphatic hydroxyl groups is 1. The molecule has 20 heavy (non-hydrogen) atoms. The number of nitrogens with one attached hydrogen (secondary N) is 1. The molecule has 2 heterocycles. The summed E-state index contributed by atoms with van der Waals surface area (Å²) in [4.78, 5) is 18.1. The van der Waals surface area contributed by atoms with Crippen molar-refractivity contribution >= 4 is 11.7 Å². The molecule has 0 aromatic carbocycles. The lowest BCUT2D eigenvalue weighted by Crippen LogP contribution is -2.40. The summed E-state index contributed by atoms with van der Waals surface area (Å²) in [5.41, 5.74) is 0.261. The van der Waals surface area contributed by atoms with Crippen LogP contribution in [0.25, 0.3) is 0 Å².